The van der Waals surface area contributed by atoms with Gasteiger partial charge in [-0.15, -0.1) is 10.2 Å². The molecule has 0 radical (unpaired) electrons. The molecule has 0 spiro atoms. The van der Waals surface area contributed by atoms with Gasteiger partial charge >= 0.3 is 0 Å². The van der Waals surface area contributed by atoms with Crippen LogP contribution in [0.15, 0.2) is 64.9 Å². The highest BCUT2D eigenvalue weighted by Gasteiger charge is 2.12. The highest BCUT2D eigenvalue weighted by Crippen LogP contribution is 2.22. The lowest BCUT2D eigenvalue weighted by Crippen LogP contribution is -2.17. The number of ether oxygens (including phenoxy) is 1. The van der Waals surface area contributed by atoms with Crippen molar-refractivity contribution in [2.24, 2.45) is 5.10 Å². The molecule has 3 rings (SSSR count). The Bertz CT molecular complexity index is 1080. The Hall–Kier alpha value is -3.79. The van der Waals surface area contributed by atoms with Crippen LogP contribution in [0.5, 0.6) is 5.75 Å². The Labute approximate surface area is 184 Å². The molecule has 160 valence electrons. The zero-order valence-corrected chi connectivity index (χ0v) is 18.0. The second kappa shape index (κ2) is 10.8. The van der Waals surface area contributed by atoms with Gasteiger partial charge in [-0.2, -0.15) is 5.10 Å². The van der Waals surface area contributed by atoms with Crippen molar-refractivity contribution in [2.45, 2.75) is 12.1 Å². The number of allylic oxidation sites excluding steroid dienone is 1. The first kappa shape index (κ1) is 21.9. The van der Waals surface area contributed by atoms with E-state index in [0.717, 1.165) is 22.6 Å². The molecule has 9 nitrogen and oxygen atoms in total. The molecule has 10 heteroatoms. The molecular weight excluding hydrogens is 414 g/mol. The summed E-state index contributed by atoms with van der Waals surface area (Å²) in [5.74, 6) is 6.92. The fraction of sp³-hybridized carbons (Fsp3) is 0.143. The Morgan fingerprint density at radius 1 is 1.26 bits per heavy atom. The average molecular weight is 438 g/mol. The fourth-order valence-corrected chi connectivity index (χ4v) is 3.18. The van der Waals surface area contributed by atoms with Gasteiger partial charge in [-0.1, -0.05) is 48.2 Å². The second-order valence-electron chi connectivity index (χ2n) is 6.35. The lowest BCUT2D eigenvalue weighted by atomic mass is 10.2. The van der Waals surface area contributed by atoms with Gasteiger partial charge in [0, 0.05) is 11.9 Å². The normalized spacial score (nSPS) is 11.2. The summed E-state index contributed by atoms with van der Waals surface area (Å²) in [6, 6.07) is 15.3. The summed E-state index contributed by atoms with van der Waals surface area (Å²) in [5, 5.41) is 15.2. The van der Waals surface area contributed by atoms with Gasteiger partial charge in [0.05, 0.1) is 12.9 Å². The molecule has 0 atom stereocenters. The van der Waals surface area contributed by atoms with Crippen molar-refractivity contribution in [1.82, 2.24) is 14.9 Å². The van der Waals surface area contributed by atoms with Gasteiger partial charge in [-0.25, -0.2) is 10.1 Å². The molecule has 0 aliphatic rings. The molecule has 0 saturated carbocycles. The van der Waals surface area contributed by atoms with E-state index in [4.69, 9.17) is 10.6 Å². The Morgan fingerprint density at radius 2 is 2.06 bits per heavy atom. The number of nitrogens with one attached hydrogen (secondary N) is 2. The predicted molar refractivity (Wildman–Crippen MR) is 125 cm³/mol. The fourth-order valence-electron chi connectivity index (χ4n) is 2.53. The number of nitrogen functional groups attached to an aromatic ring is 1. The van der Waals surface area contributed by atoms with Crippen LogP contribution < -0.4 is 21.3 Å². The minimum atomic E-state index is -0.181. The monoisotopic (exact) mass is 437 g/mol. The number of hydrazone groups is 1. The molecule has 0 unspecified atom stereocenters. The first-order valence-corrected chi connectivity index (χ1v) is 10.3. The van der Waals surface area contributed by atoms with E-state index >= 15 is 0 Å². The number of nitrogens with two attached hydrogens (primary N) is 1. The zero-order chi connectivity index (χ0) is 22.1. The van der Waals surface area contributed by atoms with E-state index in [9.17, 15) is 4.79 Å². The summed E-state index contributed by atoms with van der Waals surface area (Å²) in [6.07, 6.45) is 5.29. The van der Waals surface area contributed by atoms with Crippen molar-refractivity contribution >= 4 is 41.6 Å². The summed E-state index contributed by atoms with van der Waals surface area (Å²) in [7, 11) is 1.60. The first-order chi connectivity index (χ1) is 15.1. The molecule has 1 amide bonds. The molecule has 0 aliphatic carbocycles. The van der Waals surface area contributed by atoms with Crippen LogP contribution in [0.4, 0.5) is 11.6 Å². The number of benzene rings is 2. The number of hydrogen-bond donors (Lipinski definition) is 3. The number of carbonyl (C=O) groups is 1. The van der Waals surface area contributed by atoms with Gasteiger partial charge in [0.2, 0.25) is 11.1 Å². The van der Waals surface area contributed by atoms with Gasteiger partial charge in [-0.3, -0.25) is 4.79 Å². The summed E-state index contributed by atoms with van der Waals surface area (Å²) >= 11 is 1.17. The smallest absolute Gasteiger partial charge is 0.264 e. The third kappa shape index (κ3) is 6.34. The minimum absolute atomic E-state index is 0.129. The van der Waals surface area contributed by atoms with Crippen LogP contribution >= 0.6 is 11.8 Å². The number of aryl methyl sites for hydroxylation is 1. The Kier molecular flexibility index (Phi) is 7.66. The van der Waals surface area contributed by atoms with Crippen molar-refractivity contribution < 1.29 is 9.53 Å². The Morgan fingerprint density at radius 3 is 2.81 bits per heavy atom. The molecule has 4 N–H and O–H groups in total. The van der Waals surface area contributed by atoms with E-state index in [-0.39, 0.29) is 17.6 Å². The Balaban J connectivity index is 1.49. The van der Waals surface area contributed by atoms with Crippen molar-refractivity contribution in [1.29, 1.82) is 0 Å². The van der Waals surface area contributed by atoms with Gasteiger partial charge in [0.1, 0.15) is 5.75 Å². The number of aromatic nitrogens is 3. The maximum Gasteiger partial charge on any atom is 0.264 e. The van der Waals surface area contributed by atoms with E-state index in [1.54, 1.807) is 31.5 Å². The number of methoxy groups -OCH3 is 1. The van der Waals surface area contributed by atoms with Gasteiger partial charge in [0.25, 0.3) is 5.95 Å². The quantitative estimate of drug-likeness (QED) is 0.204. The van der Waals surface area contributed by atoms with E-state index in [1.165, 1.54) is 16.4 Å². The summed E-state index contributed by atoms with van der Waals surface area (Å²) in [4.78, 5) is 12.3. The third-order valence-electron chi connectivity index (χ3n) is 4.12. The maximum absolute atomic E-state index is 12.3. The average Bonchev–Trinajstić information content (AvgIpc) is 3.13. The molecule has 0 saturated heterocycles. The van der Waals surface area contributed by atoms with E-state index in [2.05, 4.69) is 26.0 Å². The van der Waals surface area contributed by atoms with Crippen LogP contribution in [0.2, 0.25) is 0 Å². The van der Waals surface area contributed by atoms with Gasteiger partial charge in [-0.05, 0) is 42.3 Å². The number of nitrogens with zero attached hydrogens (tertiary/aromatic N) is 4. The van der Waals surface area contributed by atoms with Crippen LogP contribution in [-0.4, -0.2) is 39.9 Å². The summed E-state index contributed by atoms with van der Waals surface area (Å²) in [5.41, 5.74) is 5.42. The van der Waals surface area contributed by atoms with Crippen LogP contribution in [0.3, 0.4) is 0 Å². The highest BCUT2D eigenvalue weighted by atomic mass is 32.2. The second-order valence-corrected chi connectivity index (χ2v) is 7.30. The lowest BCUT2D eigenvalue weighted by molar-refractivity contribution is -0.113. The molecule has 0 bridgehead atoms. The van der Waals surface area contributed by atoms with Crippen LogP contribution in [0, 0.1) is 6.92 Å². The molecular formula is C21H23N7O2S. The van der Waals surface area contributed by atoms with Crippen molar-refractivity contribution in [3.63, 3.8) is 0 Å². The number of thioether (sulfide) groups is 1. The molecule has 1 aromatic heterocycles. The van der Waals surface area contributed by atoms with Gasteiger partial charge in [0.15, 0.2) is 0 Å². The molecule has 2 aromatic carbocycles. The number of rotatable bonds is 9. The van der Waals surface area contributed by atoms with Crippen LogP contribution in [0.25, 0.3) is 6.08 Å². The van der Waals surface area contributed by atoms with Crippen molar-refractivity contribution in [3.8, 4) is 5.75 Å². The summed E-state index contributed by atoms with van der Waals surface area (Å²) in [6.45, 7) is 1.90. The molecule has 3 aromatic rings. The molecule has 1 heterocycles. The largest absolute Gasteiger partial charge is 0.497 e. The van der Waals surface area contributed by atoms with E-state index < -0.39 is 0 Å². The standard InChI is InChI=1S/C21H23N7O2S/c1-15-13-17(30-2)10-11-18(15)24-19(29)14-31-21-27-26-20(28(21)22)25-23-12-6-9-16-7-4-3-5-8-16/h3-13H,14,22H2,1-2H3,(H,24,29)(H,25,26)/b9-6+,23-12+. The molecule has 31 heavy (non-hydrogen) atoms. The third-order valence-corrected chi connectivity index (χ3v) is 5.06. The first-order valence-electron chi connectivity index (χ1n) is 9.35. The van der Waals surface area contributed by atoms with Crippen LogP contribution in [-0.2, 0) is 4.79 Å². The predicted octanol–water partition coefficient (Wildman–Crippen LogP) is 3.15. The highest BCUT2D eigenvalue weighted by molar-refractivity contribution is 7.99. The van der Waals surface area contributed by atoms with E-state index in [1.807, 2.05) is 49.4 Å². The molecule has 0 fully saturated rings. The SMILES string of the molecule is COc1ccc(NC(=O)CSc2nnc(N/N=C/C=C/c3ccccc3)n2N)c(C)c1. The van der Waals surface area contributed by atoms with E-state index in [0.29, 0.717) is 5.16 Å². The number of hydrogen-bond acceptors (Lipinski definition) is 8. The number of carbonyl (C=O) groups excluding carboxylic acids is 1. The van der Waals surface area contributed by atoms with Crippen molar-refractivity contribution in [3.05, 3.63) is 65.7 Å². The number of amides is 1. The topological polar surface area (TPSA) is 119 Å². The lowest BCUT2D eigenvalue weighted by Gasteiger charge is -2.09. The van der Waals surface area contributed by atoms with Crippen LogP contribution in [0.1, 0.15) is 11.1 Å². The maximum atomic E-state index is 12.3. The molecule has 0 aliphatic heterocycles. The summed E-state index contributed by atoms with van der Waals surface area (Å²) < 4.78 is 6.41. The number of anilines is 2. The van der Waals surface area contributed by atoms with Crippen molar-refractivity contribution in [2.75, 3.05) is 29.4 Å². The van der Waals surface area contributed by atoms with Gasteiger partial charge < -0.3 is 15.9 Å². The zero-order valence-electron chi connectivity index (χ0n) is 17.1. The minimum Gasteiger partial charge on any atom is -0.497 e.